The number of hydrogen-bond donors (Lipinski definition) is 1. The molecule has 0 saturated heterocycles. The van der Waals surface area contributed by atoms with E-state index in [1.54, 1.807) is 11.8 Å². The molecule has 98 valence electrons. The van der Waals surface area contributed by atoms with Crippen molar-refractivity contribution in [2.45, 2.75) is 12.2 Å². The van der Waals surface area contributed by atoms with Crippen LogP contribution in [-0.4, -0.2) is 21.8 Å². The number of aromatic carboxylic acids is 1. The van der Waals surface area contributed by atoms with Gasteiger partial charge in [-0.25, -0.2) is 13.6 Å². The van der Waals surface area contributed by atoms with Gasteiger partial charge in [-0.15, -0.1) is 0 Å². The van der Waals surface area contributed by atoms with Gasteiger partial charge in [0.1, 0.15) is 0 Å². The largest absolute Gasteiger partial charge is 0.478 e. The number of carboxylic acids is 1. The number of pyridine rings is 1. The maximum atomic E-state index is 13.3. The van der Waals surface area contributed by atoms with E-state index in [1.165, 1.54) is 0 Å². The molecule has 1 aliphatic heterocycles. The molecule has 1 aromatic heterocycles. The molecule has 0 radical (unpaired) electrons. The lowest BCUT2D eigenvalue weighted by Crippen LogP contribution is -2.13. The minimum atomic E-state index is -1.13. The molecule has 0 atom stereocenters. The molecule has 0 spiro atoms. The van der Waals surface area contributed by atoms with Crippen molar-refractivity contribution in [1.82, 2.24) is 4.98 Å². The fourth-order valence-corrected chi connectivity index (χ4v) is 3.30. The average molecular weight is 281 g/mol. The number of nitrogens with zero attached hydrogens (tertiary/aromatic N) is 1. The van der Waals surface area contributed by atoms with Crippen LogP contribution in [-0.2, 0) is 12.2 Å². The van der Waals surface area contributed by atoms with Crippen molar-refractivity contribution in [1.29, 1.82) is 0 Å². The first-order valence-corrected chi connectivity index (χ1v) is 6.85. The van der Waals surface area contributed by atoms with Crippen LogP contribution in [0, 0.1) is 11.6 Å². The molecule has 0 saturated carbocycles. The molecule has 2 heterocycles. The highest BCUT2D eigenvalue weighted by molar-refractivity contribution is 7.98. The Labute approximate surface area is 111 Å². The quantitative estimate of drug-likeness (QED) is 0.873. The standard InChI is InChI=1S/C13H9F2NO2S/c14-8-3-6-11(4-9(8)15)16-10-1-2-19-5-7(10)12(6)13(17)18/h3-4H,1-2,5H2,(H,17,18). The third-order valence-corrected chi connectivity index (χ3v) is 4.14. The summed E-state index contributed by atoms with van der Waals surface area (Å²) in [5.41, 5.74) is 1.55. The first-order chi connectivity index (χ1) is 9.08. The van der Waals surface area contributed by atoms with E-state index in [2.05, 4.69) is 4.98 Å². The van der Waals surface area contributed by atoms with Crippen molar-refractivity contribution in [2.24, 2.45) is 0 Å². The molecule has 0 amide bonds. The van der Waals surface area contributed by atoms with E-state index in [0.29, 0.717) is 23.4 Å². The van der Waals surface area contributed by atoms with Crippen molar-refractivity contribution in [2.75, 3.05) is 5.75 Å². The average Bonchev–Trinajstić information content (AvgIpc) is 2.37. The molecule has 1 aromatic carbocycles. The summed E-state index contributed by atoms with van der Waals surface area (Å²) >= 11 is 1.61. The van der Waals surface area contributed by atoms with E-state index >= 15 is 0 Å². The summed E-state index contributed by atoms with van der Waals surface area (Å²) in [5, 5.41) is 9.51. The topological polar surface area (TPSA) is 50.2 Å². The molecule has 1 aliphatic rings. The highest BCUT2D eigenvalue weighted by atomic mass is 32.2. The van der Waals surface area contributed by atoms with Crippen LogP contribution < -0.4 is 0 Å². The van der Waals surface area contributed by atoms with E-state index < -0.39 is 17.6 Å². The Hall–Kier alpha value is -1.69. The van der Waals surface area contributed by atoms with Gasteiger partial charge >= 0.3 is 5.97 Å². The van der Waals surface area contributed by atoms with E-state index in [9.17, 15) is 18.7 Å². The number of fused-ring (bicyclic) bond motifs is 2. The normalized spacial score (nSPS) is 14.4. The fraction of sp³-hybridized carbons (Fsp3) is 0.231. The minimum Gasteiger partial charge on any atom is -0.478 e. The maximum absolute atomic E-state index is 13.3. The molecule has 0 bridgehead atoms. The highest BCUT2D eigenvalue weighted by Crippen LogP contribution is 2.32. The monoisotopic (exact) mass is 281 g/mol. The third kappa shape index (κ3) is 1.96. The zero-order valence-corrected chi connectivity index (χ0v) is 10.6. The third-order valence-electron chi connectivity index (χ3n) is 3.16. The summed E-state index contributed by atoms with van der Waals surface area (Å²) in [7, 11) is 0. The van der Waals surface area contributed by atoms with E-state index in [1.807, 2.05) is 0 Å². The fourth-order valence-electron chi connectivity index (χ4n) is 2.30. The second-order valence-electron chi connectivity index (χ2n) is 4.30. The maximum Gasteiger partial charge on any atom is 0.336 e. The zero-order valence-electron chi connectivity index (χ0n) is 9.74. The molecule has 3 nitrogen and oxygen atoms in total. The van der Waals surface area contributed by atoms with Crippen LogP contribution in [0.15, 0.2) is 12.1 Å². The van der Waals surface area contributed by atoms with Gasteiger partial charge in [0.25, 0.3) is 0 Å². The number of aromatic nitrogens is 1. The molecular formula is C13H9F2NO2S. The Morgan fingerprint density at radius 2 is 2.05 bits per heavy atom. The number of aryl methyl sites for hydroxylation is 1. The predicted octanol–water partition coefficient (Wildman–Crippen LogP) is 3.00. The Kier molecular flexibility index (Phi) is 2.89. The van der Waals surface area contributed by atoms with Crippen LogP contribution in [0.25, 0.3) is 10.9 Å². The van der Waals surface area contributed by atoms with Gasteiger partial charge in [0, 0.05) is 22.9 Å². The number of carboxylic acid groups (broad SMARTS) is 1. The van der Waals surface area contributed by atoms with Gasteiger partial charge in [-0.05, 0) is 23.8 Å². The van der Waals surface area contributed by atoms with E-state index in [0.717, 1.165) is 17.9 Å². The Balaban J connectivity index is 2.42. The summed E-state index contributed by atoms with van der Waals surface area (Å²) in [4.78, 5) is 15.7. The number of thioether (sulfide) groups is 1. The number of halogens is 2. The smallest absolute Gasteiger partial charge is 0.336 e. The SMILES string of the molecule is O=C(O)c1c2c(nc3cc(F)c(F)cc13)CCSC2. The molecular weight excluding hydrogens is 272 g/mol. The lowest BCUT2D eigenvalue weighted by atomic mass is 10.00. The van der Waals surface area contributed by atoms with Gasteiger partial charge in [0.05, 0.1) is 11.1 Å². The van der Waals surface area contributed by atoms with Gasteiger partial charge in [0.2, 0.25) is 0 Å². The number of hydrogen-bond acceptors (Lipinski definition) is 3. The summed E-state index contributed by atoms with van der Waals surface area (Å²) in [5.74, 6) is -1.80. The molecule has 6 heteroatoms. The van der Waals surface area contributed by atoms with E-state index in [4.69, 9.17) is 0 Å². The van der Waals surface area contributed by atoms with Crippen molar-refractivity contribution >= 4 is 28.6 Å². The van der Waals surface area contributed by atoms with Crippen molar-refractivity contribution in [3.05, 3.63) is 40.6 Å². The molecule has 1 N–H and O–H groups in total. The molecule has 19 heavy (non-hydrogen) atoms. The van der Waals surface area contributed by atoms with Crippen LogP contribution >= 0.6 is 11.8 Å². The zero-order chi connectivity index (χ0) is 13.6. The van der Waals surface area contributed by atoms with Crippen LogP contribution in [0.1, 0.15) is 21.6 Å². The highest BCUT2D eigenvalue weighted by Gasteiger charge is 2.23. The first kappa shape index (κ1) is 12.3. The lowest BCUT2D eigenvalue weighted by molar-refractivity contribution is 0.0698. The first-order valence-electron chi connectivity index (χ1n) is 5.69. The van der Waals surface area contributed by atoms with Gasteiger partial charge < -0.3 is 5.11 Å². The van der Waals surface area contributed by atoms with Crippen LogP contribution in [0.2, 0.25) is 0 Å². The molecule has 0 aliphatic carbocycles. The van der Waals surface area contributed by atoms with Crippen LogP contribution in [0.5, 0.6) is 0 Å². The number of carbonyl (C=O) groups is 1. The van der Waals surface area contributed by atoms with Gasteiger partial charge in [0.15, 0.2) is 11.6 Å². The van der Waals surface area contributed by atoms with Gasteiger partial charge in [-0.1, -0.05) is 0 Å². The lowest BCUT2D eigenvalue weighted by Gasteiger charge is -2.18. The second-order valence-corrected chi connectivity index (χ2v) is 5.41. The molecule has 3 rings (SSSR count). The van der Waals surface area contributed by atoms with Gasteiger partial charge in [-0.2, -0.15) is 11.8 Å². The van der Waals surface area contributed by atoms with Crippen molar-refractivity contribution in [3.63, 3.8) is 0 Å². The number of benzene rings is 1. The Morgan fingerprint density at radius 3 is 2.79 bits per heavy atom. The van der Waals surface area contributed by atoms with Crippen molar-refractivity contribution < 1.29 is 18.7 Å². The van der Waals surface area contributed by atoms with Crippen LogP contribution in [0.4, 0.5) is 8.78 Å². The summed E-state index contributed by atoms with van der Waals surface area (Å²) < 4.78 is 26.6. The number of rotatable bonds is 1. The minimum absolute atomic E-state index is 0.0473. The summed E-state index contributed by atoms with van der Waals surface area (Å²) in [6.45, 7) is 0. The Bertz CT molecular complexity index is 703. The van der Waals surface area contributed by atoms with Crippen molar-refractivity contribution in [3.8, 4) is 0 Å². The predicted molar refractivity (Wildman–Crippen MR) is 68.5 cm³/mol. The molecule has 0 fully saturated rings. The van der Waals surface area contributed by atoms with Crippen LogP contribution in [0.3, 0.4) is 0 Å². The summed E-state index contributed by atoms with van der Waals surface area (Å²) in [6.07, 6.45) is 0.648. The van der Waals surface area contributed by atoms with E-state index in [-0.39, 0.29) is 16.5 Å². The second kappa shape index (κ2) is 4.45. The summed E-state index contributed by atoms with van der Waals surface area (Å²) in [6, 6.07) is 1.87. The Morgan fingerprint density at radius 1 is 1.32 bits per heavy atom. The van der Waals surface area contributed by atoms with Gasteiger partial charge in [-0.3, -0.25) is 4.98 Å². The molecule has 2 aromatic rings. The molecule has 0 unspecified atom stereocenters.